The third-order valence-corrected chi connectivity index (χ3v) is 4.11. The van der Waals surface area contributed by atoms with Crippen LogP contribution in [0.15, 0.2) is 24.3 Å². The predicted molar refractivity (Wildman–Crippen MR) is 73.6 cm³/mol. The van der Waals surface area contributed by atoms with Gasteiger partial charge in [0, 0.05) is 11.6 Å². The molecule has 0 aliphatic heterocycles. The summed E-state index contributed by atoms with van der Waals surface area (Å²) >= 11 is 0. The van der Waals surface area contributed by atoms with Gasteiger partial charge < -0.3 is 15.5 Å². The Morgan fingerprint density at radius 1 is 1.35 bits per heavy atom. The van der Waals surface area contributed by atoms with Crippen LogP contribution in [-0.4, -0.2) is 28.1 Å². The molecule has 108 valence electrons. The van der Waals surface area contributed by atoms with Crippen LogP contribution in [0, 0.1) is 5.41 Å². The Hall–Kier alpha value is -2.04. The van der Waals surface area contributed by atoms with Crippen LogP contribution in [0.1, 0.15) is 43.0 Å². The van der Waals surface area contributed by atoms with Gasteiger partial charge >= 0.3 is 5.97 Å². The molecule has 0 aromatic heterocycles. The van der Waals surface area contributed by atoms with Crippen molar-refractivity contribution >= 4 is 11.9 Å². The van der Waals surface area contributed by atoms with Crippen LogP contribution in [0.25, 0.3) is 0 Å². The second-order valence-electron chi connectivity index (χ2n) is 5.54. The van der Waals surface area contributed by atoms with Crippen molar-refractivity contribution in [1.29, 1.82) is 0 Å². The molecule has 0 saturated heterocycles. The van der Waals surface area contributed by atoms with Crippen molar-refractivity contribution in [3.05, 3.63) is 29.8 Å². The summed E-state index contributed by atoms with van der Waals surface area (Å²) in [5.41, 5.74) is -0.589. The summed E-state index contributed by atoms with van der Waals surface area (Å²) in [6.07, 6.45) is 3.00. The fraction of sp³-hybridized carbons (Fsp3) is 0.467. The molecule has 0 heterocycles. The summed E-state index contributed by atoms with van der Waals surface area (Å²) in [6, 6.07) is 5.65. The van der Waals surface area contributed by atoms with E-state index in [9.17, 15) is 19.8 Å². The highest BCUT2D eigenvalue weighted by molar-refractivity contribution is 5.95. The molecule has 1 aromatic carbocycles. The first kappa shape index (κ1) is 14.4. The van der Waals surface area contributed by atoms with Gasteiger partial charge in [0.2, 0.25) is 0 Å². The van der Waals surface area contributed by atoms with Gasteiger partial charge in [0.1, 0.15) is 5.75 Å². The van der Waals surface area contributed by atoms with Gasteiger partial charge in [-0.3, -0.25) is 9.59 Å². The summed E-state index contributed by atoms with van der Waals surface area (Å²) in [5.74, 6) is -1.21. The maximum atomic E-state index is 12.2. The minimum Gasteiger partial charge on any atom is -0.508 e. The number of carboxylic acid groups (broad SMARTS) is 1. The van der Waals surface area contributed by atoms with Crippen LogP contribution in [0.4, 0.5) is 0 Å². The molecular formula is C15H19NO4. The monoisotopic (exact) mass is 277 g/mol. The van der Waals surface area contributed by atoms with Crippen molar-refractivity contribution in [2.75, 3.05) is 0 Å². The van der Waals surface area contributed by atoms with Gasteiger partial charge in [-0.2, -0.15) is 0 Å². The first-order chi connectivity index (χ1) is 9.43. The molecule has 1 amide bonds. The fourth-order valence-corrected chi connectivity index (χ4v) is 2.71. The summed E-state index contributed by atoms with van der Waals surface area (Å²) in [7, 11) is 0. The lowest BCUT2D eigenvalue weighted by atomic mass is 9.71. The van der Waals surface area contributed by atoms with E-state index in [1.807, 2.05) is 0 Å². The molecule has 0 spiro atoms. The van der Waals surface area contributed by atoms with E-state index >= 15 is 0 Å². The topological polar surface area (TPSA) is 86.6 Å². The molecule has 20 heavy (non-hydrogen) atoms. The quantitative estimate of drug-likeness (QED) is 0.790. The van der Waals surface area contributed by atoms with Gasteiger partial charge in [-0.1, -0.05) is 18.9 Å². The molecule has 0 bridgehead atoms. The maximum Gasteiger partial charge on any atom is 0.311 e. The lowest BCUT2D eigenvalue weighted by molar-refractivity contribution is -0.151. The molecule has 2 unspecified atom stereocenters. The molecule has 5 heteroatoms. The third-order valence-electron chi connectivity index (χ3n) is 4.11. The maximum absolute atomic E-state index is 12.2. The summed E-state index contributed by atoms with van der Waals surface area (Å²) < 4.78 is 0. The average Bonchev–Trinajstić information content (AvgIpc) is 2.41. The molecule has 2 atom stereocenters. The highest BCUT2D eigenvalue weighted by Crippen LogP contribution is 2.36. The van der Waals surface area contributed by atoms with E-state index in [-0.39, 0.29) is 17.7 Å². The van der Waals surface area contributed by atoms with Crippen LogP contribution >= 0.6 is 0 Å². The fourth-order valence-electron chi connectivity index (χ4n) is 2.71. The number of phenolic OH excluding ortho intramolecular Hbond substituents is 1. The molecule has 1 aliphatic rings. The van der Waals surface area contributed by atoms with E-state index in [0.29, 0.717) is 18.4 Å². The molecule has 3 N–H and O–H groups in total. The van der Waals surface area contributed by atoms with Crippen molar-refractivity contribution in [3.63, 3.8) is 0 Å². The Morgan fingerprint density at radius 3 is 2.75 bits per heavy atom. The van der Waals surface area contributed by atoms with Gasteiger partial charge in [-0.05, 0) is 38.0 Å². The number of hydrogen-bond acceptors (Lipinski definition) is 3. The van der Waals surface area contributed by atoms with Gasteiger partial charge in [0.25, 0.3) is 5.91 Å². The summed E-state index contributed by atoms with van der Waals surface area (Å²) in [4.78, 5) is 23.6. The Bertz CT molecular complexity index is 528. The van der Waals surface area contributed by atoms with Crippen molar-refractivity contribution in [3.8, 4) is 5.75 Å². The Labute approximate surface area is 117 Å². The van der Waals surface area contributed by atoms with E-state index in [1.165, 1.54) is 12.1 Å². The van der Waals surface area contributed by atoms with Crippen LogP contribution in [0.2, 0.25) is 0 Å². The Kier molecular flexibility index (Phi) is 3.97. The number of carbonyl (C=O) groups is 2. The molecule has 2 rings (SSSR count). The normalized spacial score (nSPS) is 25.9. The van der Waals surface area contributed by atoms with Crippen molar-refractivity contribution in [1.82, 2.24) is 5.32 Å². The SMILES string of the molecule is CC1(C(=O)O)CCCCC1NC(=O)c1cccc(O)c1. The van der Waals surface area contributed by atoms with Crippen molar-refractivity contribution in [2.24, 2.45) is 5.41 Å². The smallest absolute Gasteiger partial charge is 0.311 e. The van der Waals surface area contributed by atoms with Crippen LogP contribution in [0.5, 0.6) is 5.75 Å². The van der Waals surface area contributed by atoms with Gasteiger partial charge in [0.05, 0.1) is 5.41 Å². The number of amides is 1. The lowest BCUT2D eigenvalue weighted by Crippen LogP contribution is -2.52. The van der Waals surface area contributed by atoms with Crippen LogP contribution < -0.4 is 5.32 Å². The highest BCUT2D eigenvalue weighted by Gasteiger charge is 2.43. The minimum absolute atomic E-state index is 0.0160. The molecule has 1 saturated carbocycles. The standard InChI is InChI=1S/C15H19NO4/c1-15(14(19)20)8-3-2-7-12(15)16-13(18)10-5-4-6-11(17)9-10/h4-6,9,12,17H,2-3,7-8H2,1H3,(H,16,18)(H,19,20). The number of nitrogens with one attached hydrogen (secondary N) is 1. The number of benzene rings is 1. The molecule has 5 nitrogen and oxygen atoms in total. The first-order valence-corrected chi connectivity index (χ1v) is 6.77. The highest BCUT2D eigenvalue weighted by atomic mass is 16.4. The van der Waals surface area contributed by atoms with Gasteiger partial charge in [-0.15, -0.1) is 0 Å². The second-order valence-corrected chi connectivity index (χ2v) is 5.54. The number of aliphatic carboxylic acids is 1. The zero-order chi connectivity index (χ0) is 14.8. The number of aromatic hydroxyl groups is 1. The predicted octanol–water partition coefficient (Wildman–Crippen LogP) is 2.16. The second kappa shape index (κ2) is 5.53. The molecule has 1 aliphatic carbocycles. The first-order valence-electron chi connectivity index (χ1n) is 6.77. The zero-order valence-electron chi connectivity index (χ0n) is 11.4. The van der Waals surface area contributed by atoms with E-state index in [1.54, 1.807) is 19.1 Å². The largest absolute Gasteiger partial charge is 0.508 e. The number of rotatable bonds is 3. The minimum atomic E-state index is -0.926. The number of phenols is 1. The Balaban J connectivity index is 2.15. The van der Waals surface area contributed by atoms with Gasteiger partial charge in [0.15, 0.2) is 0 Å². The number of carboxylic acids is 1. The van der Waals surface area contributed by atoms with Crippen LogP contribution in [-0.2, 0) is 4.79 Å². The molecule has 0 radical (unpaired) electrons. The Morgan fingerprint density at radius 2 is 2.10 bits per heavy atom. The van der Waals surface area contributed by atoms with E-state index in [0.717, 1.165) is 12.8 Å². The summed E-state index contributed by atoms with van der Waals surface area (Å²) in [6.45, 7) is 1.68. The van der Waals surface area contributed by atoms with E-state index in [2.05, 4.69) is 5.32 Å². The number of carbonyl (C=O) groups excluding carboxylic acids is 1. The van der Waals surface area contributed by atoms with Crippen molar-refractivity contribution in [2.45, 2.75) is 38.6 Å². The van der Waals surface area contributed by atoms with E-state index < -0.39 is 11.4 Å². The molecule has 1 fully saturated rings. The lowest BCUT2D eigenvalue weighted by Gasteiger charge is -2.38. The molecular weight excluding hydrogens is 258 g/mol. The van der Waals surface area contributed by atoms with E-state index in [4.69, 9.17) is 0 Å². The zero-order valence-corrected chi connectivity index (χ0v) is 11.4. The average molecular weight is 277 g/mol. The molecule has 1 aromatic rings. The van der Waals surface area contributed by atoms with Gasteiger partial charge in [-0.25, -0.2) is 0 Å². The summed E-state index contributed by atoms with van der Waals surface area (Å²) in [5, 5.41) is 21.6. The third kappa shape index (κ3) is 2.76. The number of hydrogen-bond donors (Lipinski definition) is 3. The van der Waals surface area contributed by atoms with Crippen LogP contribution in [0.3, 0.4) is 0 Å². The van der Waals surface area contributed by atoms with Crippen molar-refractivity contribution < 1.29 is 19.8 Å².